The average Bonchev–Trinajstić information content (AvgIpc) is 0.918. The predicted molar refractivity (Wildman–Crippen MR) is 18.1 cm³/mol. The Morgan fingerprint density at radius 1 is 1.25 bits per heavy atom. The molecule has 4 heavy (non-hydrogen) atoms. The van der Waals surface area contributed by atoms with E-state index in [1.807, 2.05) is 0 Å². The quantitative estimate of drug-likeness (QED) is 0.402. The molecule has 3 heteroatoms. The molecule has 0 radical (unpaired) electrons. The van der Waals surface area contributed by atoms with Crippen LogP contribution in [0.15, 0.2) is 0 Å². The second-order valence-corrected chi connectivity index (χ2v) is 2.54. The molecule has 0 amide bonds. The van der Waals surface area contributed by atoms with Crippen LogP contribution >= 0.6 is 19.4 Å². The Hall–Kier alpha value is 1.20. The normalized spacial score (nSPS) is 5.50. The topological polar surface area (TPSA) is 0 Å². The van der Waals surface area contributed by atoms with Crippen LogP contribution in [-0.2, 0) is 15.1 Å². The van der Waals surface area contributed by atoms with Crippen LogP contribution in [0.4, 0.5) is 0 Å². The number of hydrogen-bond acceptors (Lipinski definition) is 0. The van der Waals surface area contributed by atoms with Crippen molar-refractivity contribution < 1.29 is 15.1 Å². The van der Waals surface area contributed by atoms with Crippen LogP contribution in [0.1, 0.15) is 0 Å². The number of hydrogen-bond donors (Lipinski definition) is 0. The van der Waals surface area contributed by atoms with E-state index in [9.17, 15) is 0 Å². The van der Waals surface area contributed by atoms with Crippen molar-refractivity contribution >= 4 is 19.4 Å². The molecular formula is CH3Cl2Rh. The summed E-state index contributed by atoms with van der Waals surface area (Å²) in [5.41, 5.74) is 0. The Kier molecular flexibility index (Phi) is 19.9. The van der Waals surface area contributed by atoms with Crippen molar-refractivity contribution in [2.45, 2.75) is 0 Å². The SMILES string of the molecule is [CH3-].[Cl][Rh+][Cl]. The van der Waals surface area contributed by atoms with Crippen LogP contribution in [0.5, 0.6) is 0 Å². The standard InChI is InChI=1S/CH3.2ClH.Rh/h1H3;2*1H;/q-1;;;+3/p-2. The van der Waals surface area contributed by atoms with Crippen LogP contribution in [-0.4, -0.2) is 0 Å². The molecule has 0 atom stereocenters. The summed E-state index contributed by atoms with van der Waals surface area (Å²) in [5, 5.41) is 0. The van der Waals surface area contributed by atoms with Gasteiger partial charge in [-0.05, 0) is 0 Å². The molecule has 0 rings (SSSR count). The molecule has 0 aliphatic rings. The van der Waals surface area contributed by atoms with Crippen molar-refractivity contribution in [1.29, 1.82) is 0 Å². The van der Waals surface area contributed by atoms with Gasteiger partial charge in [0.15, 0.2) is 0 Å². The first-order valence-corrected chi connectivity index (χ1v) is 4.47. The second kappa shape index (κ2) is 8.88. The van der Waals surface area contributed by atoms with E-state index >= 15 is 0 Å². The molecule has 0 unspecified atom stereocenters. The van der Waals surface area contributed by atoms with Gasteiger partial charge < -0.3 is 7.43 Å². The van der Waals surface area contributed by atoms with Gasteiger partial charge in [-0.3, -0.25) is 0 Å². The molecule has 0 aliphatic carbocycles. The Labute approximate surface area is 42.2 Å². The van der Waals surface area contributed by atoms with E-state index in [2.05, 4.69) is 0 Å². The average molecular weight is 189 g/mol. The van der Waals surface area contributed by atoms with Crippen LogP contribution in [0.25, 0.3) is 0 Å². The van der Waals surface area contributed by atoms with Gasteiger partial charge in [0, 0.05) is 0 Å². The molecule has 0 aromatic rings. The first kappa shape index (κ1) is 8.96. The van der Waals surface area contributed by atoms with Crippen LogP contribution in [0.3, 0.4) is 0 Å². The van der Waals surface area contributed by atoms with Gasteiger partial charge in [0.05, 0.1) is 0 Å². The molecule has 30 valence electrons. The molecule has 0 fully saturated rings. The maximum atomic E-state index is 4.83. The minimum atomic E-state index is -0.226. The van der Waals surface area contributed by atoms with Crippen molar-refractivity contribution in [2.75, 3.05) is 0 Å². The third-order valence-electron chi connectivity index (χ3n) is 0. The summed E-state index contributed by atoms with van der Waals surface area (Å²) in [7, 11) is 9.67. The van der Waals surface area contributed by atoms with Gasteiger partial charge in [-0.1, -0.05) is 0 Å². The maximum absolute atomic E-state index is 4.83. The molecule has 0 bridgehead atoms. The van der Waals surface area contributed by atoms with Crippen LogP contribution in [0, 0.1) is 7.43 Å². The van der Waals surface area contributed by atoms with Crippen molar-refractivity contribution in [2.24, 2.45) is 0 Å². The fourth-order valence-electron chi connectivity index (χ4n) is 0. The van der Waals surface area contributed by atoms with Crippen molar-refractivity contribution in [3.8, 4) is 0 Å². The molecule has 0 aromatic heterocycles. The van der Waals surface area contributed by atoms with Gasteiger partial charge in [-0.25, -0.2) is 0 Å². The van der Waals surface area contributed by atoms with Crippen molar-refractivity contribution in [3.05, 3.63) is 7.43 Å². The molecule has 0 saturated heterocycles. The summed E-state index contributed by atoms with van der Waals surface area (Å²) in [5.74, 6) is 0. The third kappa shape index (κ3) is 10.7. The summed E-state index contributed by atoms with van der Waals surface area (Å²) in [6.07, 6.45) is 0. The van der Waals surface area contributed by atoms with Crippen molar-refractivity contribution in [1.82, 2.24) is 0 Å². The summed E-state index contributed by atoms with van der Waals surface area (Å²) in [6.45, 7) is 0. The second-order valence-electron chi connectivity index (χ2n) is 0.0476. The fourth-order valence-corrected chi connectivity index (χ4v) is 0. The Morgan fingerprint density at radius 3 is 1.25 bits per heavy atom. The summed E-state index contributed by atoms with van der Waals surface area (Å²) < 4.78 is 0. The Bertz CT molecular complexity index is 6.00. The van der Waals surface area contributed by atoms with E-state index in [0.717, 1.165) is 0 Å². The first-order chi connectivity index (χ1) is 1.41. The molecule has 0 spiro atoms. The third-order valence-corrected chi connectivity index (χ3v) is 0. The summed E-state index contributed by atoms with van der Waals surface area (Å²) in [4.78, 5) is 0. The van der Waals surface area contributed by atoms with Crippen LogP contribution < -0.4 is 0 Å². The minimum absolute atomic E-state index is 0. The molecule has 0 heterocycles. The zero-order valence-corrected chi connectivity index (χ0v) is 5.24. The molecular weight excluding hydrogens is 186 g/mol. The summed E-state index contributed by atoms with van der Waals surface area (Å²) in [6, 6.07) is 0. The zero-order chi connectivity index (χ0) is 2.71. The number of halogens is 2. The van der Waals surface area contributed by atoms with Gasteiger partial charge in [0.1, 0.15) is 0 Å². The summed E-state index contributed by atoms with van der Waals surface area (Å²) >= 11 is -0.226. The predicted octanol–water partition coefficient (Wildman–Crippen LogP) is 1.83. The van der Waals surface area contributed by atoms with Crippen molar-refractivity contribution in [3.63, 3.8) is 0 Å². The molecule has 0 N–H and O–H groups in total. The van der Waals surface area contributed by atoms with E-state index in [0.29, 0.717) is 0 Å². The molecule has 0 nitrogen and oxygen atoms in total. The van der Waals surface area contributed by atoms with E-state index in [4.69, 9.17) is 19.4 Å². The molecule has 0 aliphatic heterocycles. The van der Waals surface area contributed by atoms with E-state index < -0.39 is 0 Å². The molecule has 0 aromatic carbocycles. The Balaban J connectivity index is 0. The van der Waals surface area contributed by atoms with Gasteiger partial charge in [-0.15, -0.1) is 0 Å². The van der Waals surface area contributed by atoms with Crippen LogP contribution in [0.2, 0.25) is 0 Å². The Morgan fingerprint density at radius 2 is 1.25 bits per heavy atom. The van der Waals surface area contributed by atoms with E-state index in [-0.39, 0.29) is 22.6 Å². The van der Waals surface area contributed by atoms with Gasteiger partial charge >= 0.3 is 34.5 Å². The van der Waals surface area contributed by atoms with E-state index in [1.54, 1.807) is 0 Å². The van der Waals surface area contributed by atoms with Gasteiger partial charge in [-0.2, -0.15) is 0 Å². The first-order valence-electron chi connectivity index (χ1n) is 0.252. The molecule has 0 saturated carbocycles. The van der Waals surface area contributed by atoms with Gasteiger partial charge in [0.2, 0.25) is 0 Å². The van der Waals surface area contributed by atoms with E-state index in [1.165, 1.54) is 0 Å². The fraction of sp³-hybridized carbons (Fsp3) is 0. The van der Waals surface area contributed by atoms with Gasteiger partial charge in [0.25, 0.3) is 0 Å². The zero-order valence-electron chi connectivity index (χ0n) is 2.09. The number of rotatable bonds is 0. The monoisotopic (exact) mass is 188 g/mol.